The maximum atomic E-state index is 9.73. The van der Waals surface area contributed by atoms with E-state index in [0.717, 1.165) is 12.8 Å². The van der Waals surface area contributed by atoms with Gasteiger partial charge in [0.15, 0.2) is 0 Å². The first kappa shape index (κ1) is 8.63. The Bertz CT molecular complexity index is 73.3. The summed E-state index contributed by atoms with van der Waals surface area (Å²) in [6.07, 6.45) is 4.08. The van der Waals surface area contributed by atoms with Crippen molar-refractivity contribution in [2.24, 2.45) is 0 Å². The molecule has 1 unspecified atom stereocenters. The summed E-state index contributed by atoms with van der Waals surface area (Å²) in [4.78, 5) is 9.73. The molecule has 0 aromatic carbocycles. The smallest absolute Gasteiger partial charge is 0.213 e. The van der Waals surface area contributed by atoms with Gasteiger partial charge in [-0.2, -0.15) is 0 Å². The highest BCUT2D eigenvalue weighted by Crippen LogP contribution is 1.92. The molecule has 0 spiro atoms. The van der Waals surface area contributed by atoms with Crippen LogP contribution in [0.1, 0.15) is 26.7 Å². The summed E-state index contributed by atoms with van der Waals surface area (Å²) in [6, 6.07) is 0.455. The van der Waals surface area contributed by atoms with Gasteiger partial charge in [0.2, 0.25) is 6.29 Å². The van der Waals surface area contributed by atoms with Gasteiger partial charge in [-0.05, 0) is 13.3 Å². The van der Waals surface area contributed by atoms with Crippen molar-refractivity contribution in [3.63, 3.8) is 0 Å². The summed E-state index contributed by atoms with van der Waals surface area (Å²) in [6.45, 7) is 4.56. The van der Waals surface area contributed by atoms with Crippen molar-refractivity contribution in [3.8, 4) is 0 Å². The molecule has 2 heteroatoms. The van der Waals surface area contributed by atoms with E-state index in [0.29, 0.717) is 12.6 Å². The molecule has 0 bridgehead atoms. The van der Waals surface area contributed by atoms with Crippen molar-refractivity contribution in [1.29, 1.82) is 0 Å². The minimum absolute atomic E-state index is 0.362. The first-order chi connectivity index (χ1) is 4.31. The van der Waals surface area contributed by atoms with Gasteiger partial charge in [-0.3, -0.25) is 4.79 Å². The highest BCUT2D eigenvalue weighted by molar-refractivity contribution is 5.52. The predicted molar refractivity (Wildman–Crippen MR) is 38.1 cm³/mol. The van der Waals surface area contributed by atoms with Crippen LogP contribution < -0.4 is 5.32 Å². The zero-order chi connectivity index (χ0) is 7.11. The predicted octanol–water partition coefficient (Wildman–Crippen LogP) is 0.874. The molecule has 0 aromatic rings. The maximum Gasteiger partial charge on any atom is 0.213 e. The van der Waals surface area contributed by atoms with E-state index >= 15 is 0 Å². The highest BCUT2D eigenvalue weighted by Gasteiger charge is 1.96. The lowest BCUT2D eigenvalue weighted by molar-refractivity contribution is 0.513. The van der Waals surface area contributed by atoms with Crippen molar-refractivity contribution < 1.29 is 4.79 Å². The van der Waals surface area contributed by atoms with Crippen LogP contribution in [0.4, 0.5) is 0 Å². The summed E-state index contributed by atoms with van der Waals surface area (Å²) >= 11 is 0. The summed E-state index contributed by atoms with van der Waals surface area (Å²) in [5.74, 6) is 0. The Morgan fingerprint density at radius 3 is 2.78 bits per heavy atom. The largest absolute Gasteiger partial charge is 0.307 e. The monoisotopic (exact) mass is 128 g/mol. The first-order valence-electron chi connectivity index (χ1n) is 3.39. The zero-order valence-electron chi connectivity index (χ0n) is 6.11. The van der Waals surface area contributed by atoms with Crippen LogP contribution in [0.25, 0.3) is 0 Å². The SMILES string of the molecule is CCCC(C)NC[C]=O. The molecule has 2 nitrogen and oxygen atoms in total. The van der Waals surface area contributed by atoms with E-state index in [1.165, 1.54) is 0 Å². The molecule has 0 rings (SSSR count). The van der Waals surface area contributed by atoms with E-state index in [2.05, 4.69) is 19.2 Å². The van der Waals surface area contributed by atoms with Crippen LogP contribution in [0.5, 0.6) is 0 Å². The topological polar surface area (TPSA) is 29.1 Å². The fraction of sp³-hybridized carbons (Fsp3) is 0.857. The molecular weight excluding hydrogens is 114 g/mol. The van der Waals surface area contributed by atoms with Gasteiger partial charge in [0.1, 0.15) is 0 Å². The Morgan fingerprint density at radius 1 is 1.67 bits per heavy atom. The van der Waals surface area contributed by atoms with Gasteiger partial charge in [0.25, 0.3) is 0 Å². The van der Waals surface area contributed by atoms with E-state index in [9.17, 15) is 4.79 Å². The summed E-state index contributed by atoms with van der Waals surface area (Å²) in [5, 5.41) is 3.01. The van der Waals surface area contributed by atoms with Crippen LogP contribution in [-0.2, 0) is 4.79 Å². The van der Waals surface area contributed by atoms with E-state index in [4.69, 9.17) is 0 Å². The lowest BCUT2D eigenvalue weighted by Crippen LogP contribution is -2.27. The molecule has 1 atom stereocenters. The van der Waals surface area contributed by atoms with Gasteiger partial charge in [0.05, 0.1) is 6.54 Å². The number of rotatable bonds is 5. The Labute approximate surface area is 56.6 Å². The first-order valence-corrected chi connectivity index (χ1v) is 3.39. The van der Waals surface area contributed by atoms with Crippen molar-refractivity contribution >= 4 is 6.29 Å². The van der Waals surface area contributed by atoms with Crippen LogP contribution in [0.3, 0.4) is 0 Å². The second-order valence-corrected chi connectivity index (χ2v) is 2.21. The van der Waals surface area contributed by atoms with Gasteiger partial charge in [-0.25, -0.2) is 0 Å². The fourth-order valence-electron chi connectivity index (χ4n) is 0.751. The van der Waals surface area contributed by atoms with Gasteiger partial charge in [-0.15, -0.1) is 0 Å². The van der Waals surface area contributed by atoms with Gasteiger partial charge in [0, 0.05) is 6.04 Å². The van der Waals surface area contributed by atoms with Crippen LogP contribution in [0.15, 0.2) is 0 Å². The Hall–Kier alpha value is -0.370. The third-order valence-electron chi connectivity index (χ3n) is 1.24. The minimum atomic E-state index is 0.362. The molecule has 0 heterocycles. The van der Waals surface area contributed by atoms with E-state index in [-0.39, 0.29) is 0 Å². The molecule has 0 aliphatic carbocycles. The maximum absolute atomic E-state index is 9.73. The second kappa shape index (κ2) is 5.76. The molecule has 0 amide bonds. The van der Waals surface area contributed by atoms with Gasteiger partial charge >= 0.3 is 0 Å². The normalized spacial score (nSPS) is 13.1. The van der Waals surface area contributed by atoms with Crippen LogP contribution in [0, 0.1) is 0 Å². The van der Waals surface area contributed by atoms with Crippen LogP contribution >= 0.6 is 0 Å². The molecule has 0 aliphatic rings. The number of carbonyl (C=O) groups excluding carboxylic acids is 1. The molecule has 0 saturated carbocycles. The van der Waals surface area contributed by atoms with Gasteiger partial charge in [-0.1, -0.05) is 13.3 Å². The summed E-state index contributed by atoms with van der Waals surface area (Å²) in [5.41, 5.74) is 0. The standard InChI is InChI=1S/C7H14NO/c1-3-4-7(2)8-5-6-9/h7-8H,3-5H2,1-2H3. The molecular formula is C7H14NO. The quantitative estimate of drug-likeness (QED) is 0.595. The molecule has 0 saturated heterocycles. The molecule has 1 radical (unpaired) electrons. The molecule has 53 valence electrons. The molecule has 1 N–H and O–H groups in total. The number of hydrogen-bond acceptors (Lipinski definition) is 2. The van der Waals surface area contributed by atoms with E-state index in [1.807, 2.05) is 0 Å². The average Bonchev–Trinajstić information content (AvgIpc) is 1.85. The summed E-state index contributed by atoms with van der Waals surface area (Å²) < 4.78 is 0. The van der Waals surface area contributed by atoms with Gasteiger partial charge < -0.3 is 5.32 Å². The zero-order valence-corrected chi connectivity index (χ0v) is 6.11. The van der Waals surface area contributed by atoms with Crippen molar-refractivity contribution in [2.45, 2.75) is 32.7 Å². The van der Waals surface area contributed by atoms with Crippen molar-refractivity contribution in [3.05, 3.63) is 0 Å². The van der Waals surface area contributed by atoms with Crippen molar-refractivity contribution in [1.82, 2.24) is 5.32 Å². The molecule has 0 aliphatic heterocycles. The molecule has 0 fully saturated rings. The number of nitrogens with one attached hydrogen (secondary N) is 1. The van der Waals surface area contributed by atoms with Crippen LogP contribution in [-0.4, -0.2) is 18.9 Å². The Balaban J connectivity index is 3.04. The third-order valence-corrected chi connectivity index (χ3v) is 1.24. The highest BCUT2D eigenvalue weighted by atomic mass is 16.1. The Morgan fingerprint density at radius 2 is 2.33 bits per heavy atom. The second-order valence-electron chi connectivity index (χ2n) is 2.21. The minimum Gasteiger partial charge on any atom is -0.307 e. The Kier molecular flexibility index (Phi) is 5.52. The van der Waals surface area contributed by atoms with Crippen LogP contribution in [0.2, 0.25) is 0 Å². The van der Waals surface area contributed by atoms with E-state index < -0.39 is 0 Å². The number of hydrogen-bond donors (Lipinski definition) is 1. The van der Waals surface area contributed by atoms with Crippen molar-refractivity contribution in [2.75, 3.05) is 6.54 Å². The average molecular weight is 128 g/mol. The van der Waals surface area contributed by atoms with E-state index in [1.54, 1.807) is 6.29 Å². The lowest BCUT2D eigenvalue weighted by atomic mass is 10.2. The molecule has 0 aromatic heterocycles. The fourth-order valence-corrected chi connectivity index (χ4v) is 0.751. The summed E-state index contributed by atoms with van der Waals surface area (Å²) in [7, 11) is 0. The third kappa shape index (κ3) is 5.50. The molecule has 9 heavy (non-hydrogen) atoms. The lowest BCUT2D eigenvalue weighted by Gasteiger charge is -2.07.